The average molecular weight is 377 g/mol. The minimum absolute atomic E-state index is 0.127. The van der Waals surface area contributed by atoms with Gasteiger partial charge < -0.3 is 16.0 Å². The monoisotopic (exact) mass is 376 g/mol. The Morgan fingerprint density at radius 2 is 2.04 bits per heavy atom. The van der Waals surface area contributed by atoms with Gasteiger partial charge in [0.05, 0.1) is 17.6 Å². The molecule has 1 amide bonds. The van der Waals surface area contributed by atoms with E-state index in [-0.39, 0.29) is 18.4 Å². The first-order chi connectivity index (χ1) is 12.0. The third kappa shape index (κ3) is 4.72. The summed E-state index contributed by atoms with van der Waals surface area (Å²) in [6, 6.07) is 12.7. The Morgan fingerprint density at radius 1 is 1.24 bits per heavy atom. The van der Waals surface area contributed by atoms with Crippen molar-refractivity contribution >= 4 is 40.1 Å². The van der Waals surface area contributed by atoms with Crippen molar-refractivity contribution in [2.75, 3.05) is 0 Å². The number of aromatic nitrogens is 2. The standard InChI is InChI=1S/C18H18Cl2N4O/c19-12-6-5-11(14(20)8-12)7-13(21)9-18(25)22-10-17-23-15-3-1-2-4-16(15)24-17/h1-6,8,13H,7,9-10,21H2,(H,22,25)(H,23,24). The smallest absolute Gasteiger partial charge is 0.221 e. The number of amides is 1. The first kappa shape index (κ1) is 17.7. The van der Waals surface area contributed by atoms with Gasteiger partial charge in [-0.1, -0.05) is 41.4 Å². The fourth-order valence-electron chi connectivity index (χ4n) is 2.62. The number of fused-ring (bicyclic) bond motifs is 1. The first-order valence-electron chi connectivity index (χ1n) is 7.91. The Labute approximate surface area is 155 Å². The summed E-state index contributed by atoms with van der Waals surface area (Å²) in [5.74, 6) is 0.585. The van der Waals surface area contributed by atoms with Crippen molar-refractivity contribution in [3.8, 4) is 0 Å². The molecule has 4 N–H and O–H groups in total. The molecule has 0 aliphatic rings. The summed E-state index contributed by atoms with van der Waals surface area (Å²) in [5.41, 5.74) is 8.77. The third-order valence-corrected chi connectivity index (χ3v) is 4.42. The summed E-state index contributed by atoms with van der Waals surface area (Å²) >= 11 is 12.0. The molecule has 1 aromatic heterocycles. The summed E-state index contributed by atoms with van der Waals surface area (Å²) in [6.07, 6.45) is 0.716. The lowest BCUT2D eigenvalue weighted by Crippen LogP contribution is -2.33. The van der Waals surface area contributed by atoms with Crippen LogP contribution in [0.4, 0.5) is 0 Å². The van der Waals surface area contributed by atoms with Crippen LogP contribution in [0, 0.1) is 0 Å². The second-order valence-corrected chi connectivity index (χ2v) is 6.73. The van der Waals surface area contributed by atoms with Crippen LogP contribution >= 0.6 is 23.2 Å². The second-order valence-electron chi connectivity index (χ2n) is 5.88. The number of hydrogen-bond acceptors (Lipinski definition) is 3. The van der Waals surface area contributed by atoms with E-state index >= 15 is 0 Å². The Balaban J connectivity index is 1.51. The molecular weight excluding hydrogens is 359 g/mol. The van der Waals surface area contributed by atoms with E-state index in [1.807, 2.05) is 30.3 Å². The minimum atomic E-state index is -0.325. The van der Waals surface area contributed by atoms with Crippen LogP contribution in [0.2, 0.25) is 10.0 Å². The quantitative estimate of drug-likeness (QED) is 0.615. The van der Waals surface area contributed by atoms with Crippen molar-refractivity contribution < 1.29 is 4.79 Å². The van der Waals surface area contributed by atoms with Crippen LogP contribution in [0.5, 0.6) is 0 Å². The lowest BCUT2D eigenvalue weighted by Gasteiger charge is -2.12. The molecule has 0 saturated carbocycles. The molecule has 0 bridgehead atoms. The molecule has 0 fully saturated rings. The molecule has 0 aliphatic heterocycles. The lowest BCUT2D eigenvalue weighted by molar-refractivity contribution is -0.121. The summed E-state index contributed by atoms with van der Waals surface area (Å²) < 4.78 is 0. The first-order valence-corrected chi connectivity index (χ1v) is 8.66. The Bertz CT molecular complexity index is 861. The van der Waals surface area contributed by atoms with Crippen molar-refractivity contribution in [2.45, 2.75) is 25.4 Å². The number of nitrogens with two attached hydrogens (primary N) is 1. The third-order valence-electron chi connectivity index (χ3n) is 3.84. The van der Waals surface area contributed by atoms with Crippen LogP contribution in [0.3, 0.4) is 0 Å². The van der Waals surface area contributed by atoms with Crippen LogP contribution in [0.15, 0.2) is 42.5 Å². The highest BCUT2D eigenvalue weighted by Gasteiger charge is 2.13. The maximum atomic E-state index is 12.1. The zero-order chi connectivity index (χ0) is 17.8. The van der Waals surface area contributed by atoms with Gasteiger partial charge in [0, 0.05) is 22.5 Å². The largest absolute Gasteiger partial charge is 0.349 e. The minimum Gasteiger partial charge on any atom is -0.349 e. The zero-order valence-corrected chi connectivity index (χ0v) is 14.9. The molecule has 1 unspecified atom stereocenters. The summed E-state index contributed by atoms with van der Waals surface area (Å²) in [5, 5.41) is 3.97. The average Bonchev–Trinajstić information content (AvgIpc) is 2.98. The SMILES string of the molecule is NC(CC(=O)NCc1nc2ccccc2[nH]1)Cc1ccc(Cl)cc1Cl. The number of aromatic amines is 1. The van der Waals surface area contributed by atoms with Gasteiger partial charge in [0.2, 0.25) is 5.91 Å². The molecule has 0 spiro atoms. The molecule has 130 valence electrons. The highest BCUT2D eigenvalue weighted by molar-refractivity contribution is 6.35. The molecule has 7 heteroatoms. The van der Waals surface area contributed by atoms with E-state index in [0.29, 0.717) is 28.8 Å². The van der Waals surface area contributed by atoms with Gasteiger partial charge in [-0.25, -0.2) is 4.98 Å². The molecule has 0 radical (unpaired) electrons. The van der Waals surface area contributed by atoms with Gasteiger partial charge in [-0.3, -0.25) is 4.79 Å². The number of hydrogen-bond donors (Lipinski definition) is 3. The number of H-pyrrole nitrogens is 1. The van der Waals surface area contributed by atoms with E-state index < -0.39 is 0 Å². The summed E-state index contributed by atoms with van der Waals surface area (Å²) in [7, 11) is 0. The Morgan fingerprint density at radius 3 is 2.80 bits per heavy atom. The molecular formula is C18H18Cl2N4O. The molecule has 2 aromatic carbocycles. The van der Waals surface area contributed by atoms with E-state index in [1.165, 1.54) is 0 Å². The summed E-state index contributed by atoms with van der Waals surface area (Å²) in [6.45, 7) is 0.335. The molecule has 3 aromatic rings. The van der Waals surface area contributed by atoms with Gasteiger partial charge >= 0.3 is 0 Å². The lowest BCUT2D eigenvalue weighted by atomic mass is 10.0. The number of para-hydroxylation sites is 2. The van der Waals surface area contributed by atoms with Gasteiger partial charge in [-0.2, -0.15) is 0 Å². The molecule has 0 aliphatic carbocycles. The molecule has 5 nitrogen and oxygen atoms in total. The van der Waals surface area contributed by atoms with Crippen LogP contribution < -0.4 is 11.1 Å². The van der Waals surface area contributed by atoms with Gasteiger partial charge in [0.25, 0.3) is 0 Å². The number of imidazole rings is 1. The normalized spacial score (nSPS) is 12.3. The van der Waals surface area contributed by atoms with Gasteiger partial charge in [0.1, 0.15) is 5.82 Å². The fraction of sp³-hybridized carbons (Fsp3) is 0.222. The van der Waals surface area contributed by atoms with Crippen molar-refractivity contribution in [2.24, 2.45) is 5.73 Å². The van der Waals surface area contributed by atoms with Gasteiger partial charge in [0.15, 0.2) is 0 Å². The van der Waals surface area contributed by atoms with Gasteiger partial charge in [-0.05, 0) is 36.2 Å². The topological polar surface area (TPSA) is 83.8 Å². The van der Waals surface area contributed by atoms with Crippen molar-refractivity contribution in [1.29, 1.82) is 0 Å². The van der Waals surface area contributed by atoms with E-state index in [4.69, 9.17) is 28.9 Å². The Hall–Kier alpha value is -2.08. The Kier molecular flexibility index (Phi) is 5.58. The van der Waals surface area contributed by atoms with Crippen LogP contribution in [0.25, 0.3) is 11.0 Å². The number of nitrogens with one attached hydrogen (secondary N) is 2. The van der Waals surface area contributed by atoms with E-state index in [2.05, 4.69) is 15.3 Å². The number of rotatable bonds is 6. The predicted molar refractivity (Wildman–Crippen MR) is 101 cm³/mol. The molecule has 0 saturated heterocycles. The molecule has 1 heterocycles. The van der Waals surface area contributed by atoms with Gasteiger partial charge in [-0.15, -0.1) is 0 Å². The highest BCUT2D eigenvalue weighted by atomic mass is 35.5. The predicted octanol–water partition coefficient (Wildman–Crippen LogP) is 3.45. The number of benzene rings is 2. The van der Waals surface area contributed by atoms with Crippen molar-refractivity contribution in [1.82, 2.24) is 15.3 Å². The van der Waals surface area contributed by atoms with E-state index in [1.54, 1.807) is 12.1 Å². The number of halogens is 2. The molecule has 3 rings (SSSR count). The number of carbonyl (C=O) groups excluding carboxylic acids is 1. The zero-order valence-electron chi connectivity index (χ0n) is 13.4. The maximum Gasteiger partial charge on any atom is 0.221 e. The van der Waals surface area contributed by atoms with Crippen molar-refractivity contribution in [3.63, 3.8) is 0 Å². The van der Waals surface area contributed by atoms with Crippen LogP contribution in [-0.4, -0.2) is 21.9 Å². The number of nitrogens with zero attached hydrogens (tertiary/aromatic N) is 1. The van der Waals surface area contributed by atoms with Crippen molar-refractivity contribution in [3.05, 3.63) is 63.9 Å². The van der Waals surface area contributed by atoms with Crippen LogP contribution in [0.1, 0.15) is 17.8 Å². The second kappa shape index (κ2) is 7.87. The maximum absolute atomic E-state index is 12.1. The van der Waals surface area contributed by atoms with E-state index in [9.17, 15) is 4.79 Å². The van der Waals surface area contributed by atoms with E-state index in [0.717, 1.165) is 16.6 Å². The fourth-order valence-corrected chi connectivity index (χ4v) is 3.11. The van der Waals surface area contributed by atoms with Crippen LogP contribution in [-0.2, 0) is 17.8 Å². The molecule has 25 heavy (non-hydrogen) atoms. The number of carbonyl (C=O) groups is 1. The summed E-state index contributed by atoms with van der Waals surface area (Å²) in [4.78, 5) is 19.7. The highest BCUT2D eigenvalue weighted by Crippen LogP contribution is 2.22. The molecule has 1 atom stereocenters.